The Morgan fingerprint density at radius 1 is 1.75 bits per heavy atom. The predicted molar refractivity (Wildman–Crippen MR) is 36.1 cm³/mol. The van der Waals surface area contributed by atoms with Crippen molar-refractivity contribution in [1.82, 2.24) is 0 Å². The zero-order valence-corrected chi connectivity index (χ0v) is 6.03. The summed E-state index contributed by atoms with van der Waals surface area (Å²) in [5, 5.41) is 0. The van der Waals surface area contributed by atoms with Crippen LogP contribution < -0.4 is 0 Å². The third kappa shape index (κ3) is 2.92. The molecule has 0 bridgehead atoms. The van der Waals surface area contributed by atoms with Gasteiger partial charge in [-0.25, -0.2) is 0 Å². The molecule has 0 amide bonds. The molecule has 0 saturated carbocycles. The molecule has 0 rings (SSSR count). The second-order valence-electron chi connectivity index (χ2n) is 1.32. The van der Waals surface area contributed by atoms with Crippen LogP contribution in [-0.2, 0) is 4.74 Å². The van der Waals surface area contributed by atoms with Crippen LogP contribution in [0.15, 0.2) is 11.8 Å². The lowest BCUT2D eigenvalue weighted by Gasteiger charge is -2.01. The molecule has 0 heterocycles. The van der Waals surface area contributed by atoms with Crippen LogP contribution in [0.5, 0.6) is 0 Å². The van der Waals surface area contributed by atoms with Crippen molar-refractivity contribution in [3.63, 3.8) is 0 Å². The molecule has 48 valence electrons. The summed E-state index contributed by atoms with van der Waals surface area (Å²) in [6.07, 6.45) is 1.87. The zero-order valence-electron chi connectivity index (χ0n) is 5.28. The molecule has 0 aliphatic heterocycles. The lowest BCUT2D eigenvalue weighted by molar-refractivity contribution is 0.232. The number of allylic oxidation sites excluding steroid dienone is 2. The van der Waals surface area contributed by atoms with Crippen LogP contribution in [0.1, 0.15) is 13.8 Å². The second-order valence-corrected chi connectivity index (χ2v) is 1.59. The Labute approximate surface area is 55.3 Å². The summed E-state index contributed by atoms with van der Waals surface area (Å²) >= 11 is 5.45. The van der Waals surface area contributed by atoms with E-state index in [2.05, 4.69) is 0 Å². The summed E-state index contributed by atoms with van der Waals surface area (Å²) in [6.45, 7) is 4.55. The van der Waals surface area contributed by atoms with E-state index in [1.807, 2.05) is 19.9 Å². The molecule has 0 fully saturated rings. The summed E-state index contributed by atoms with van der Waals surface area (Å²) < 4.78 is 5.07. The van der Waals surface area contributed by atoms with E-state index in [0.717, 1.165) is 5.76 Å². The van der Waals surface area contributed by atoms with Crippen molar-refractivity contribution >= 4 is 11.6 Å². The van der Waals surface area contributed by atoms with Gasteiger partial charge in [-0.2, -0.15) is 0 Å². The Kier molecular flexibility index (Phi) is 4.87. The van der Waals surface area contributed by atoms with Crippen molar-refractivity contribution in [2.24, 2.45) is 0 Å². The Balaban J connectivity index is 3.38. The van der Waals surface area contributed by atoms with Crippen LogP contribution in [0.25, 0.3) is 0 Å². The first-order valence-corrected chi connectivity index (χ1v) is 3.22. The number of halogens is 1. The standard InChI is InChI=1S/C6H11ClO/c1-3-6(5-7)8-4-2/h3H,4-5H2,1-2H3/b6-3+. The van der Waals surface area contributed by atoms with E-state index < -0.39 is 0 Å². The highest BCUT2D eigenvalue weighted by Crippen LogP contribution is 1.97. The molecule has 0 atom stereocenters. The normalized spacial score (nSPS) is 11.6. The first kappa shape index (κ1) is 7.83. The minimum atomic E-state index is 0.477. The summed E-state index contributed by atoms with van der Waals surface area (Å²) in [5.74, 6) is 1.33. The number of rotatable bonds is 3. The molecule has 0 spiro atoms. The quantitative estimate of drug-likeness (QED) is 0.425. The summed E-state index contributed by atoms with van der Waals surface area (Å²) in [6, 6.07) is 0. The van der Waals surface area contributed by atoms with Crippen LogP contribution in [-0.4, -0.2) is 12.5 Å². The molecular formula is C6H11ClO. The van der Waals surface area contributed by atoms with Crippen LogP contribution >= 0.6 is 11.6 Å². The molecular weight excluding hydrogens is 124 g/mol. The molecule has 0 unspecified atom stereocenters. The van der Waals surface area contributed by atoms with Gasteiger partial charge in [-0.3, -0.25) is 0 Å². The highest BCUT2D eigenvalue weighted by molar-refractivity contribution is 6.19. The second kappa shape index (κ2) is 4.98. The minimum absolute atomic E-state index is 0.477. The number of ether oxygens (including phenoxy) is 1. The molecule has 8 heavy (non-hydrogen) atoms. The van der Waals surface area contributed by atoms with Gasteiger partial charge in [-0.1, -0.05) is 0 Å². The van der Waals surface area contributed by atoms with E-state index in [0.29, 0.717) is 12.5 Å². The fourth-order valence-corrected chi connectivity index (χ4v) is 0.616. The molecule has 0 saturated heterocycles. The summed E-state index contributed by atoms with van der Waals surface area (Å²) in [4.78, 5) is 0. The van der Waals surface area contributed by atoms with E-state index >= 15 is 0 Å². The maximum Gasteiger partial charge on any atom is 0.106 e. The monoisotopic (exact) mass is 134 g/mol. The maximum atomic E-state index is 5.45. The van der Waals surface area contributed by atoms with Gasteiger partial charge in [0, 0.05) is 0 Å². The molecule has 0 N–H and O–H groups in total. The van der Waals surface area contributed by atoms with Gasteiger partial charge in [0.15, 0.2) is 0 Å². The Hall–Kier alpha value is -0.170. The van der Waals surface area contributed by atoms with Crippen LogP contribution in [0.3, 0.4) is 0 Å². The van der Waals surface area contributed by atoms with Crippen molar-refractivity contribution in [1.29, 1.82) is 0 Å². The van der Waals surface area contributed by atoms with Crippen molar-refractivity contribution in [2.45, 2.75) is 13.8 Å². The van der Waals surface area contributed by atoms with E-state index in [1.165, 1.54) is 0 Å². The van der Waals surface area contributed by atoms with Gasteiger partial charge >= 0.3 is 0 Å². The Morgan fingerprint density at radius 2 is 2.38 bits per heavy atom. The highest BCUT2D eigenvalue weighted by atomic mass is 35.5. The van der Waals surface area contributed by atoms with Gasteiger partial charge in [-0.15, -0.1) is 11.6 Å². The number of hydrogen-bond donors (Lipinski definition) is 0. The first-order valence-electron chi connectivity index (χ1n) is 2.69. The van der Waals surface area contributed by atoms with Gasteiger partial charge < -0.3 is 4.74 Å². The van der Waals surface area contributed by atoms with Crippen molar-refractivity contribution in [2.75, 3.05) is 12.5 Å². The molecule has 2 heteroatoms. The highest BCUT2D eigenvalue weighted by Gasteiger charge is 1.88. The zero-order chi connectivity index (χ0) is 6.41. The molecule has 0 aliphatic carbocycles. The third-order valence-electron chi connectivity index (χ3n) is 0.783. The largest absolute Gasteiger partial charge is 0.497 e. The van der Waals surface area contributed by atoms with Gasteiger partial charge in [-0.05, 0) is 19.9 Å². The summed E-state index contributed by atoms with van der Waals surface area (Å²) in [5.41, 5.74) is 0. The van der Waals surface area contributed by atoms with Crippen LogP contribution in [0.4, 0.5) is 0 Å². The molecule has 1 nitrogen and oxygen atoms in total. The van der Waals surface area contributed by atoms with Crippen molar-refractivity contribution < 1.29 is 4.74 Å². The first-order chi connectivity index (χ1) is 3.85. The van der Waals surface area contributed by atoms with Crippen molar-refractivity contribution in [3.8, 4) is 0 Å². The van der Waals surface area contributed by atoms with Gasteiger partial charge in [0.05, 0.1) is 12.5 Å². The average Bonchev–Trinajstić information content (AvgIpc) is 1.83. The number of alkyl halides is 1. The smallest absolute Gasteiger partial charge is 0.106 e. The lowest BCUT2D eigenvalue weighted by Crippen LogP contribution is -1.91. The third-order valence-corrected chi connectivity index (χ3v) is 1.05. The van der Waals surface area contributed by atoms with E-state index in [-0.39, 0.29) is 0 Å². The van der Waals surface area contributed by atoms with Crippen LogP contribution in [0, 0.1) is 0 Å². The maximum absolute atomic E-state index is 5.45. The molecule has 0 radical (unpaired) electrons. The topological polar surface area (TPSA) is 9.23 Å². The lowest BCUT2D eigenvalue weighted by atomic mass is 10.5. The van der Waals surface area contributed by atoms with Gasteiger partial charge in [0.2, 0.25) is 0 Å². The average molecular weight is 135 g/mol. The molecule has 0 aliphatic rings. The fourth-order valence-electron chi connectivity index (χ4n) is 0.384. The van der Waals surface area contributed by atoms with E-state index in [1.54, 1.807) is 0 Å². The Bertz CT molecular complexity index is 78.6. The Morgan fingerprint density at radius 3 is 2.50 bits per heavy atom. The van der Waals surface area contributed by atoms with E-state index in [9.17, 15) is 0 Å². The SMILES string of the molecule is C/C=C(\CCl)OCC. The van der Waals surface area contributed by atoms with E-state index in [4.69, 9.17) is 16.3 Å². The number of hydrogen-bond acceptors (Lipinski definition) is 1. The molecule has 0 aromatic rings. The molecule has 0 aromatic heterocycles. The summed E-state index contributed by atoms with van der Waals surface area (Å²) in [7, 11) is 0. The molecule has 0 aromatic carbocycles. The van der Waals surface area contributed by atoms with Crippen LogP contribution in [0.2, 0.25) is 0 Å². The fraction of sp³-hybridized carbons (Fsp3) is 0.667. The predicted octanol–water partition coefficient (Wildman–Crippen LogP) is 2.17. The van der Waals surface area contributed by atoms with Crippen molar-refractivity contribution in [3.05, 3.63) is 11.8 Å². The van der Waals surface area contributed by atoms with Gasteiger partial charge in [0.25, 0.3) is 0 Å². The van der Waals surface area contributed by atoms with Gasteiger partial charge in [0.1, 0.15) is 5.76 Å². The minimum Gasteiger partial charge on any atom is -0.497 e.